The van der Waals surface area contributed by atoms with Crippen molar-refractivity contribution in [2.75, 3.05) is 5.75 Å². The Morgan fingerprint density at radius 3 is 2.24 bits per heavy atom. The molecule has 2 aromatic carbocycles. The normalized spacial score (nSPS) is 12.1. The predicted octanol–water partition coefficient (Wildman–Crippen LogP) is 3.74. The van der Waals surface area contributed by atoms with Crippen molar-refractivity contribution in [2.45, 2.75) is 26.5 Å². The van der Waals surface area contributed by atoms with Gasteiger partial charge in [-0.2, -0.15) is 0 Å². The lowest BCUT2D eigenvalue weighted by atomic mass is 10.1. The molecule has 21 heavy (non-hydrogen) atoms. The molecule has 3 heteroatoms. The molecule has 1 unspecified atom stereocenters. The second kappa shape index (κ2) is 6.81. The fourth-order valence-corrected chi connectivity index (χ4v) is 3.54. The molecule has 0 spiro atoms. The number of hydrogen-bond acceptors (Lipinski definition) is 2. The van der Waals surface area contributed by atoms with E-state index in [0.29, 0.717) is 11.3 Å². The predicted molar refractivity (Wildman–Crippen MR) is 88.1 cm³/mol. The van der Waals surface area contributed by atoms with E-state index < -0.39 is 10.8 Å². The van der Waals surface area contributed by atoms with E-state index in [1.54, 1.807) is 6.07 Å². The second-order valence-corrected chi connectivity index (χ2v) is 6.97. The van der Waals surface area contributed by atoms with Crippen LogP contribution in [0.1, 0.15) is 32.6 Å². The Hall–Kier alpha value is -1.74. The molecule has 2 nitrogen and oxygen atoms in total. The number of aryl methyl sites for hydroxylation is 3. The summed E-state index contributed by atoms with van der Waals surface area (Å²) in [5.74, 6) is 0.456. The van der Waals surface area contributed by atoms with Crippen LogP contribution >= 0.6 is 0 Å². The third-order valence-electron chi connectivity index (χ3n) is 3.24. The quantitative estimate of drug-likeness (QED) is 0.788. The average Bonchev–Trinajstić information content (AvgIpc) is 2.37. The maximum absolute atomic E-state index is 12.2. The van der Waals surface area contributed by atoms with Crippen molar-refractivity contribution < 1.29 is 9.00 Å². The number of benzene rings is 2. The van der Waals surface area contributed by atoms with Crippen LogP contribution in [0.4, 0.5) is 0 Å². The molecule has 0 heterocycles. The summed E-state index contributed by atoms with van der Waals surface area (Å²) in [6.07, 6.45) is 0. The fraction of sp³-hybridized carbons (Fsp3) is 0.278. The maximum atomic E-state index is 12.2. The molecule has 0 saturated carbocycles. The van der Waals surface area contributed by atoms with Crippen molar-refractivity contribution in [1.82, 2.24) is 0 Å². The van der Waals surface area contributed by atoms with Crippen LogP contribution in [0, 0.1) is 20.8 Å². The van der Waals surface area contributed by atoms with E-state index in [1.165, 1.54) is 0 Å². The van der Waals surface area contributed by atoms with Crippen molar-refractivity contribution in [3.63, 3.8) is 0 Å². The zero-order valence-corrected chi connectivity index (χ0v) is 13.5. The molecule has 0 aliphatic rings. The van der Waals surface area contributed by atoms with Gasteiger partial charge in [0.1, 0.15) is 0 Å². The van der Waals surface area contributed by atoms with E-state index in [-0.39, 0.29) is 11.5 Å². The van der Waals surface area contributed by atoms with Gasteiger partial charge in [-0.15, -0.1) is 0 Å². The van der Waals surface area contributed by atoms with Gasteiger partial charge in [0.05, 0.1) is 5.75 Å². The van der Waals surface area contributed by atoms with Gasteiger partial charge in [0.25, 0.3) is 0 Å². The number of hydrogen-bond donors (Lipinski definition) is 0. The Labute approximate surface area is 128 Å². The lowest BCUT2D eigenvalue weighted by molar-refractivity contribution is 0.102. The first-order chi connectivity index (χ1) is 9.94. The van der Waals surface area contributed by atoms with Crippen molar-refractivity contribution in [3.05, 3.63) is 70.3 Å². The van der Waals surface area contributed by atoms with Gasteiger partial charge in [0.15, 0.2) is 5.78 Å². The molecule has 0 amide bonds. The van der Waals surface area contributed by atoms with Gasteiger partial charge in [-0.3, -0.25) is 9.00 Å². The highest BCUT2D eigenvalue weighted by Gasteiger charge is 2.11. The molecule has 1 atom stereocenters. The van der Waals surface area contributed by atoms with Crippen molar-refractivity contribution in [1.29, 1.82) is 0 Å². The molecule has 0 fully saturated rings. The van der Waals surface area contributed by atoms with Gasteiger partial charge < -0.3 is 0 Å². The standard InChI is InChI=1S/C18H20O2S/c1-13-5-4-6-17(10-13)18(19)12-21(20)11-16-8-14(2)7-15(3)9-16/h4-10H,11-12H2,1-3H3. The Kier molecular flexibility index (Phi) is 5.07. The monoisotopic (exact) mass is 300 g/mol. The molecule has 0 saturated heterocycles. The summed E-state index contributed by atoms with van der Waals surface area (Å²) >= 11 is 0. The molecule has 2 rings (SSSR count). The van der Waals surface area contributed by atoms with Gasteiger partial charge in [0.2, 0.25) is 0 Å². The van der Waals surface area contributed by atoms with Crippen LogP contribution in [0.2, 0.25) is 0 Å². The van der Waals surface area contributed by atoms with Crippen molar-refractivity contribution in [3.8, 4) is 0 Å². The number of carbonyl (C=O) groups is 1. The summed E-state index contributed by atoms with van der Waals surface area (Å²) in [6.45, 7) is 6.00. The molecule has 110 valence electrons. The van der Waals surface area contributed by atoms with E-state index in [9.17, 15) is 9.00 Å². The van der Waals surface area contributed by atoms with Crippen LogP contribution in [0.3, 0.4) is 0 Å². The highest BCUT2D eigenvalue weighted by molar-refractivity contribution is 7.85. The lowest BCUT2D eigenvalue weighted by Crippen LogP contribution is -2.12. The molecule has 2 aromatic rings. The highest BCUT2D eigenvalue weighted by Crippen LogP contribution is 2.12. The SMILES string of the molecule is Cc1cc(C)cc(CS(=O)CC(=O)c2cccc(C)c2)c1. The third kappa shape index (κ3) is 4.64. The largest absolute Gasteiger partial charge is 0.293 e. The van der Waals surface area contributed by atoms with E-state index in [2.05, 4.69) is 6.07 Å². The lowest BCUT2D eigenvalue weighted by Gasteiger charge is -2.06. The molecule has 0 aromatic heterocycles. The Morgan fingerprint density at radius 2 is 1.62 bits per heavy atom. The van der Waals surface area contributed by atoms with E-state index in [4.69, 9.17) is 0 Å². The molecule has 0 radical (unpaired) electrons. The molecular formula is C18H20O2S. The fourth-order valence-electron chi connectivity index (χ4n) is 2.44. The minimum absolute atomic E-state index is 0.0543. The number of rotatable bonds is 5. The number of ketones is 1. The van der Waals surface area contributed by atoms with Gasteiger partial charge in [0, 0.05) is 22.1 Å². The molecule has 0 aliphatic carbocycles. The Balaban J connectivity index is 2.03. The van der Waals surface area contributed by atoms with E-state index in [1.807, 2.05) is 51.1 Å². The van der Waals surface area contributed by atoms with Crippen molar-refractivity contribution >= 4 is 16.6 Å². The van der Waals surface area contributed by atoms with Gasteiger partial charge in [-0.05, 0) is 32.4 Å². The second-order valence-electron chi connectivity index (χ2n) is 5.52. The first kappa shape index (κ1) is 15.6. The summed E-state index contributed by atoms with van der Waals surface area (Å²) in [6, 6.07) is 13.6. The van der Waals surface area contributed by atoms with Gasteiger partial charge in [-0.25, -0.2) is 0 Å². The Morgan fingerprint density at radius 1 is 0.952 bits per heavy atom. The third-order valence-corrected chi connectivity index (χ3v) is 4.48. The van der Waals surface area contributed by atoms with E-state index in [0.717, 1.165) is 22.3 Å². The van der Waals surface area contributed by atoms with Crippen LogP contribution in [0.5, 0.6) is 0 Å². The summed E-state index contributed by atoms with van der Waals surface area (Å²) in [7, 11) is -1.17. The van der Waals surface area contributed by atoms with Crippen LogP contribution < -0.4 is 0 Å². The minimum atomic E-state index is -1.17. The summed E-state index contributed by atoms with van der Waals surface area (Å²) in [4.78, 5) is 12.1. The van der Waals surface area contributed by atoms with Crippen LogP contribution in [-0.4, -0.2) is 15.7 Å². The number of Topliss-reactive ketones (excluding diaryl/α,β-unsaturated/α-hetero) is 1. The highest BCUT2D eigenvalue weighted by atomic mass is 32.2. The van der Waals surface area contributed by atoms with Crippen molar-refractivity contribution in [2.24, 2.45) is 0 Å². The topological polar surface area (TPSA) is 34.1 Å². The minimum Gasteiger partial charge on any atom is -0.293 e. The van der Waals surface area contributed by atoms with Crippen LogP contribution in [0.25, 0.3) is 0 Å². The smallest absolute Gasteiger partial charge is 0.175 e. The van der Waals surface area contributed by atoms with E-state index >= 15 is 0 Å². The first-order valence-corrected chi connectivity index (χ1v) is 8.45. The first-order valence-electron chi connectivity index (χ1n) is 6.96. The summed E-state index contributed by atoms with van der Waals surface area (Å²) in [5.41, 5.74) is 5.03. The average molecular weight is 300 g/mol. The van der Waals surface area contributed by atoms with Gasteiger partial charge in [-0.1, -0.05) is 53.1 Å². The number of carbonyl (C=O) groups excluding carboxylic acids is 1. The summed E-state index contributed by atoms with van der Waals surface area (Å²) in [5, 5.41) is 0. The Bertz CT molecular complexity index is 669. The molecule has 0 N–H and O–H groups in total. The maximum Gasteiger partial charge on any atom is 0.175 e. The van der Waals surface area contributed by atoms with Crippen LogP contribution in [-0.2, 0) is 16.6 Å². The zero-order valence-electron chi connectivity index (χ0n) is 12.7. The van der Waals surface area contributed by atoms with Gasteiger partial charge >= 0.3 is 0 Å². The summed E-state index contributed by atoms with van der Waals surface area (Å²) < 4.78 is 12.2. The molecule has 0 aliphatic heterocycles. The van der Waals surface area contributed by atoms with Crippen LogP contribution in [0.15, 0.2) is 42.5 Å². The molecular weight excluding hydrogens is 280 g/mol. The zero-order chi connectivity index (χ0) is 15.4. The molecule has 0 bridgehead atoms.